The first-order chi connectivity index (χ1) is 14.5. The number of fused-ring (bicyclic) bond motifs is 1. The van der Waals surface area contributed by atoms with Crippen molar-refractivity contribution in [1.82, 2.24) is 19.9 Å². The lowest BCUT2D eigenvalue weighted by atomic mass is 10.1. The maximum absolute atomic E-state index is 12.9. The lowest BCUT2D eigenvalue weighted by Crippen LogP contribution is -2.34. The zero-order valence-corrected chi connectivity index (χ0v) is 18.7. The van der Waals surface area contributed by atoms with Crippen molar-refractivity contribution in [3.8, 4) is 0 Å². The van der Waals surface area contributed by atoms with Crippen LogP contribution in [0.4, 0.5) is 0 Å². The van der Waals surface area contributed by atoms with Gasteiger partial charge in [0, 0.05) is 18.3 Å². The lowest BCUT2D eigenvalue weighted by Gasteiger charge is -2.15. The predicted octanol–water partition coefficient (Wildman–Crippen LogP) is 4.06. The smallest absolute Gasteiger partial charge is 0.278 e. The number of thioether (sulfide) groups is 1. The number of amides is 1. The first kappa shape index (κ1) is 22.2. The van der Waals surface area contributed by atoms with E-state index in [0.717, 1.165) is 31.4 Å². The Balaban J connectivity index is 1.62. The number of benzene rings is 1. The minimum atomic E-state index is -0.0688. The van der Waals surface area contributed by atoms with Crippen molar-refractivity contribution in [2.75, 3.05) is 5.75 Å². The Bertz CT molecular complexity index is 1040. The zero-order chi connectivity index (χ0) is 21.5. The van der Waals surface area contributed by atoms with Gasteiger partial charge < -0.3 is 10.3 Å². The summed E-state index contributed by atoms with van der Waals surface area (Å²) in [5.41, 5.74) is 3.30. The fourth-order valence-corrected chi connectivity index (χ4v) is 4.22. The van der Waals surface area contributed by atoms with E-state index >= 15 is 0 Å². The first-order valence-electron chi connectivity index (χ1n) is 10.5. The van der Waals surface area contributed by atoms with Crippen molar-refractivity contribution in [2.45, 2.75) is 64.2 Å². The summed E-state index contributed by atoms with van der Waals surface area (Å²) in [6.45, 7) is 6.63. The molecule has 0 radical (unpaired) electrons. The molecule has 7 heteroatoms. The quantitative estimate of drug-likeness (QED) is 0.378. The third-order valence-electron chi connectivity index (χ3n) is 5.02. The highest BCUT2D eigenvalue weighted by molar-refractivity contribution is 7.99. The van der Waals surface area contributed by atoms with Gasteiger partial charge in [0.05, 0.1) is 11.3 Å². The highest BCUT2D eigenvalue weighted by Crippen LogP contribution is 2.19. The van der Waals surface area contributed by atoms with Crippen LogP contribution in [-0.4, -0.2) is 32.2 Å². The molecule has 0 bridgehead atoms. The maximum Gasteiger partial charge on any atom is 0.278 e. The predicted molar refractivity (Wildman–Crippen MR) is 123 cm³/mol. The van der Waals surface area contributed by atoms with Crippen molar-refractivity contribution in [3.05, 3.63) is 58.0 Å². The van der Waals surface area contributed by atoms with Crippen molar-refractivity contribution in [2.24, 2.45) is 0 Å². The van der Waals surface area contributed by atoms with Crippen LogP contribution in [0.5, 0.6) is 0 Å². The van der Waals surface area contributed by atoms with E-state index in [9.17, 15) is 9.59 Å². The summed E-state index contributed by atoms with van der Waals surface area (Å²) in [5, 5.41) is 3.66. The average molecular weight is 427 g/mol. The number of unbranched alkanes of at least 4 members (excludes halogenated alkanes) is 1. The molecule has 3 rings (SSSR count). The highest BCUT2D eigenvalue weighted by Gasteiger charge is 2.15. The molecule has 6 nitrogen and oxygen atoms in total. The number of rotatable bonds is 10. The topological polar surface area (TPSA) is 79.8 Å². The SMILES string of the molecule is CCCCn1c(SCC(=O)N[C@@H](C)CCc2ccccc2)nc2cc(C)[nH]c2c1=O. The van der Waals surface area contributed by atoms with Crippen LogP contribution < -0.4 is 10.9 Å². The highest BCUT2D eigenvalue weighted by atomic mass is 32.2. The van der Waals surface area contributed by atoms with E-state index in [1.54, 1.807) is 4.57 Å². The van der Waals surface area contributed by atoms with Crippen LogP contribution in [0.3, 0.4) is 0 Å². The fraction of sp³-hybridized carbons (Fsp3) is 0.435. The molecule has 1 aromatic carbocycles. The molecule has 160 valence electrons. The summed E-state index contributed by atoms with van der Waals surface area (Å²) in [6, 6.07) is 12.2. The van der Waals surface area contributed by atoms with E-state index in [1.165, 1.54) is 17.3 Å². The number of aromatic amines is 1. The second kappa shape index (κ2) is 10.5. The molecule has 3 aromatic rings. The molecule has 1 amide bonds. The van der Waals surface area contributed by atoms with Crippen molar-refractivity contribution in [1.29, 1.82) is 0 Å². The minimum absolute atomic E-state index is 0.0396. The number of aryl methyl sites for hydroxylation is 2. The molecular formula is C23H30N4O2S. The number of hydrogen-bond acceptors (Lipinski definition) is 4. The molecule has 0 aliphatic heterocycles. The second-order valence-corrected chi connectivity index (χ2v) is 8.64. The number of carbonyl (C=O) groups excluding carboxylic acids is 1. The molecule has 0 aliphatic rings. The Morgan fingerprint density at radius 3 is 2.80 bits per heavy atom. The molecule has 2 N–H and O–H groups in total. The van der Waals surface area contributed by atoms with Crippen molar-refractivity contribution >= 4 is 28.7 Å². The van der Waals surface area contributed by atoms with E-state index in [0.29, 0.717) is 22.7 Å². The summed E-state index contributed by atoms with van der Waals surface area (Å²) in [5.74, 6) is 0.200. The van der Waals surface area contributed by atoms with Crippen LogP contribution in [0.15, 0.2) is 46.3 Å². The largest absolute Gasteiger partial charge is 0.353 e. The van der Waals surface area contributed by atoms with Crippen LogP contribution in [-0.2, 0) is 17.8 Å². The van der Waals surface area contributed by atoms with Crippen LogP contribution in [0.2, 0.25) is 0 Å². The Morgan fingerprint density at radius 2 is 2.07 bits per heavy atom. The van der Waals surface area contributed by atoms with E-state index in [-0.39, 0.29) is 23.3 Å². The molecule has 2 aromatic heterocycles. The molecule has 0 aliphatic carbocycles. The number of hydrogen-bond donors (Lipinski definition) is 2. The standard InChI is InChI=1S/C23H30N4O2S/c1-4-5-13-27-22(29)21-19(14-17(3)25-21)26-23(27)30-15-20(28)24-16(2)11-12-18-9-7-6-8-10-18/h6-10,14,16,25H,4-5,11-13,15H2,1-3H3,(H,24,28)/t16-/m0/s1. The number of carbonyl (C=O) groups is 1. The lowest BCUT2D eigenvalue weighted by molar-refractivity contribution is -0.119. The Labute approximate surface area is 181 Å². The Hall–Kier alpha value is -2.54. The van der Waals surface area contributed by atoms with Gasteiger partial charge in [-0.25, -0.2) is 4.98 Å². The van der Waals surface area contributed by atoms with Crippen LogP contribution in [0, 0.1) is 6.92 Å². The van der Waals surface area contributed by atoms with Gasteiger partial charge in [-0.2, -0.15) is 0 Å². The van der Waals surface area contributed by atoms with E-state index in [1.807, 2.05) is 38.1 Å². The van der Waals surface area contributed by atoms with E-state index in [2.05, 4.69) is 34.3 Å². The summed E-state index contributed by atoms with van der Waals surface area (Å²) >= 11 is 1.33. The molecule has 0 unspecified atom stereocenters. The number of aromatic nitrogens is 3. The molecule has 0 spiro atoms. The number of H-pyrrole nitrogens is 1. The van der Waals surface area contributed by atoms with Gasteiger partial charge in [0.2, 0.25) is 5.91 Å². The van der Waals surface area contributed by atoms with Gasteiger partial charge in [0.15, 0.2) is 5.16 Å². The van der Waals surface area contributed by atoms with E-state index in [4.69, 9.17) is 0 Å². The van der Waals surface area contributed by atoms with Crippen LogP contribution in [0.1, 0.15) is 44.4 Å². The molecular weight excluding hydrogens is 396 g/mol. The molecule has 0 fully saturated rings. The van der Waals surface area contributed by atoms with Crippen molar-refractivity contribution in [3.63, 3.8) is 0 Å². The van der Waals surface area contributed by atoms with Gasteiger partial charge in [-0.15, -0.1) is 0 Å². The maximum atomic E-state index is 12.9. The third-order valence-corrected chi connectivity index (χ3v) is 6.00. The summed E-state index contributed by atoms with van der Waals surface area (Å²) in [4.78, 5) is 33.1. The molecule has 1 atom stereocenters. The van der Waals surface area contributed by atoms with Gasteiger partial charge >= 0.3 is 0 Å². The van der Waals surface area contributed by atoms with Crippen LogP contribution in [0.25, 0.3) is 11.0 Å². The minimum Gasteiger partial charge on any atom is -0.353 e. The molecule has 30 heavy (non-hydrogen) atoms. The fourth-order valence-electron chi connectivity index (χ4n) is 3.38. The van der Waals surface area contributed by atoms with Gasteiger partial charge in [-0.1, -0.05) is 55.4 Å². The zero-order valence-electron chi connectivity index (χ0n) is 17.9. The first-order valence-corrected chi connectivity index (χ1v) is 11.5. The number of nitrogens with one attached hydrogen (secondary N) is 2. The molecule has 0 saturated carbocycles. The van der Waals surface area contributed by atoms with Gasteiger partial charge in [0.25, 0.3) is 5.56 Å². The summed E-state index contributed by atoms with van der Waals surface area (Å²) < 4.78 is 1.69. The Kier molecular flexibility index (Phi) is 7.74. The monoisotopic (exact) mass is 426 g/mol. The normalized spacial score (nSPS) is 12.2. The van der Waals surface area contributed by atoms with E-state index < -0.39 is 0 Å². The van der Waals surface area contributed by atoms with Gasteiger partial charge in [-0.05, 0) is 44.7 Å². The Morgan fingerprint density at radius 1 is 1.30 bits per heavy atom. The molecule has 2 heterocycles. The summed E-state index contributed by atoms with van der Waals surface area (Å²) in [6.07, 6.45) is 3.69. The van der Waals surface area contributed by atoms with Crippen molar-refractivity contribution < 1.29 is 4.79 Å². The third kappa shape index (κ3) is 5.75. The molecule has 0 saturated heterocycles. The summed E-state index contributed by atoms with van der Waals surface area (Å²) in [7, 11) is 0. The van der Waals surface area contributed by atoms with Crippen LogP contribution >= 0.6 is 11.8 Å². The van der Waals surface area contributed by atoms with Gasteiger partial charge in [-0.3, -0.25) is 14.2 Å². The van der Waals surface area contributed by atoms with Gasteiger partial charge in [0.1, 0.15) is 5.52 Å². The average Bonchev–Trinajstić information content (AvgIpc) is 3.11. The number of nitrogens with zero attached hydrogens (tertiary/aromatic N) is 2. The second-order valence-electron chi connectivity index (χ2n) is 7.70.